The molecule has 13 heavy (non-hydrogen) atoms. The van der Waals surface area contributed by atoms with Gasteiger partial charge in [0.15, 0.2) is 0 Å². The average molecular weight is 181 g/mol. The molecule has 0 atom stereocenters. The van der Waals surface area contributed by atoms with E-state index in [1.54, 1.807) is 0 Å². The number of nitrogens with one attached hydrogen (secondary N) is 1. The van der Waals surface area contributed by atoms with Crippen molar-refractivity contribution in [3.63, 3.8) is 0 Å². The molecule has 2 saturated carbocycles. The van der Waals surface area contributed by atoms with Gasteiger partial charge in [0, 0.05) is 12.1 Å². The Bertz CT molecular complexity index is 160. The monoisotopic (exact) mass is 181 g/mol. The van der Waals surface area contributed by atoms with E-state index in [4.69, 9.17) is 0 Å². The summed E-state index contributed by atoms with van der Waals surface area (Å²) < 4.78 is 0. The van der Waals surface area contributed by atoms with Crippen LogP contribution < -0.4 is 5.32 Å². The maximum Gasteiger partial charge on any atom is 0.00698 e. The van der Waals surface area contributed by atoms with Crippen LogP contribution in [0.4, 0.5) is 0 Å². The van der Waals surface area contributed by atoms with E-state index in [0.717, 1.165) is 11.5 Å². The maximum absolute atomic E-state index is 3.67. The van der Waals surface area contributed by atoms with E-state index in [9.17, 15) is 0 Å². The Balaban J connectivity index is 1.76. The highest BCUT2D eigenvalue weighted by Crippen LogP contribution is 2.51. The molecule has 0 aromatic rings. The molecule has 0 saturated heterocycles. The smallest absolute Gasteiger partial charge is 0.00698 e. The predicted octanol–water partition coefficient (Wildman–Crippen LogP) is 3.10. The van der Waals surface area contributed by atoms with Crippen molar-refractivity contribution in [2.45, 2.75) is 70.9 Å². The molecule has 2 aliphatic carbocycles. The van der Waals surface area contributed by atoms with Crippen LogP contribution >= 0.6 is 0 Å². The zero-order valence-corrected chi connectivity index (χ0v) is 9.10. The predicted molar refractivity (Wildman–Crippen MR) is 56.8 cm³/mol. The zero-order valence-electron chi connectivity index (χ0n) is 9.10. The molecule has 1 heteroatoms. The van der Waals surface area contributed by atoms with E-state index in [2.05, 4.69) is 19.2 Å². The number of rotatable bonds is 2. The van der Waals surface area contributed by atoms with Gasteiger partial charge >= 0.3 is 0 Å². The van der Waals surface area contributed by atoms with Gasteiger partial charge in [-0.15, -0.1) is 0 Å². The van der Waals surface area contributed by atoms with Crippen LogP contribution in [0.2, 0.25) is 0 Å². The first-order valence-corrected chi connectivity index (χ1v) is 5.96. The lowest BCUT2D eigenvalue weighted by molar-refractivity contribution is 0.0628. The van der Waals surface area contributed by atoms with Crippen molar-refractivity contribution < 1.29 is 0 Å². The summed E-state index contributed by atoms with van der Waals surface area (Å²) in [4.78, 5) is 0. The standard InChI is InChI=1S/C12H23N/c1-10(2)13-11-4-8-12(9-5-11)6-3-7-12/h10-11,13H,3-9H2,1-2H3. The van der Waals surface area contributed by atoms with E-state index in [1.807, 2.05) is 0 Å². The molecule has 2 aliphatic rings. The Morgan fingerprint density at radius 1 is 1.08 bits per heavy atom. The minimum absolute atomic E-state index is 0.667. The highest BCUT2D eigenvalue weighted by molar-refractivity contribution is 4.93. The Labute approximate surface area is 82.3 Å². The molecule has 0 heterocycles. The fourth-order valence-electron chi connectivity index (χ4n) is 3.05. The first-order valence-electron chi connectivity index (χ1n) is 5.96. The van der Waals surface area contributed by atoms with Gasteiger partial charge in [-0.25, -0.2) is 0 Å². The summed E-state index contributed by atoms with van der Waals surface area (Å²) in [6.07, 6.45) is 10.4. The molecule has 0 aromatic carbocycles. The second-order valence-electron chi connectivity index (χ2n) is 5.45. The first kappa shape index (κ1) is 9.51. The SMILES string of the molecule is CC(C)NC1CCC2(CCC2)CC1. The number of hydrogen-bond donors (Lipinski definition) is 1. The lowest BCUT2D eigenvalue weighted by Gasteiger charge is -2.47. The molecule has 76 valence electrons. The second kappa shape index (κ2) is 3.61. The van der Waals surface area contributed by atoms with Gasteiger partial charge in [0.2, 0.25) is 0 Å². The molecular weight excluding hydrogens is 158 g/mol. The highest BCUT2D eigenvalue weighted by atomic mass is 14.9. The van der Waals surface area contributed by atoms with E-state index >= 15 is 0 Å². The summed E-state index contributed by atoms with van der Waals surface area (Å²) in [5, 5.41) is 3.67. The van der Waals surface area contributed by atoms with Crippen LogP contribution in [0, 0.1) is 5.41 Å². The van der Waals surface area contributed by atoms with Crippen LogP contribution in [-0.2, 0) is 0 Å². The molecule has 0 radical (unpaired) electrons. The lowest BCUT2D eigenvalue weighted by Crippen LogP contribution is -2.42. The van der Waals surface area contributed by atoms with Crippen molar-refractivity contribution >= 4 is 0 Å². The van der Waals surface area contributed by atoms with Crippen LogP contribution in [0.3, 0.4) is 0 Å². The van der Waals surface area contributed by atoms with Gasteiger partial charge in [-0.1, -0.05) is 20.3 Å². The van der Waals surface area contributed by atoms with Crippen molar-refractivity contribution in [1.29, 1.82) is 0 Å². The summed E-state index contributed by atoms with van der Waals surface area (Å²) in [6, 6.07) is 1.49. The quantitative estimate of drug-likeness (QED) is 0.690. The summed E-state index contributed by atoms with van der Waals surface area (Å²) in [5.41, 5.74) is 0.829. The fraction of sp³-hybridized carbons (Fsp3) is 1.00. The molecule has 1 spiro atoms. The normalized spacial score (nSPS) is 27.9. The van der Waals surface area contributed by atoms with Gasteiger partial charge in [0.05, 0.1) is 0 Å². The van der Waals surface area contributed by atoms with Crippen LogP contribution in [0.25, 0.3) is 0 Å². The Kier molecular flexibility index (Phi) is 2.64. The zero-order chi connectivity index (χ0) is 9.31. The topological polar surface area (TPSA) is 12.0 Å². The van der Waals surface area contributed by atoms with E-state index in [-0.39, 0.29) is 0 Å². The molecular formula is C12H23N. The van der Waals surface area contributed by atoms with Crippen LogP contribution in [0.1, 0.15) is 58.8 Å². The largest absolute Gasteiger partial charge is 0.312 e. The van der Waals surface area contributed by atoms with Crippen LogP contribution in [0.5, 0.6) is 0 Å². The Morgan fingerprint density at radius 3 is 2.08 bits per heavy atom. The van der Waals surface area contributed by atoms with Gasteiger partial charge in [-0.05, 0) is 43.9 Å². The fourth-order valence-corrected chi connectivity index (χ4v) is 3.05. The molecule has 0 aromatic heterocycles. The van der Waals surface area contributed by atoms with Crippen molar-refractivity contribution in [3.8, 4) is 0 Å². The van der Waals surface area contributed by atoms with Crippen LogP contribution in [-0.4, -0.2) is 12.1 Å². The third-order valence-corrected chi connectivity index (χ3v) is 4.03. The summed E-state index contributed by atoms with van der Waals surface area (Å²) in [7, 11) is 0. The average Bonchev–Trinajstić information content (AvgIpc) is 2.02. The Hall–Kier alpha value is -0.0400. The summed E-state index contributed by atoms with van der Waals surface area (Å²) in [6.45, 7) is 4.52. The Morgan fingerprint density at radius 2 is 1.69 bits per heavy atom. The highest BCUT2D eigenvalue weighted by Gasteiger charge is 2.39. The summed E-state index contributed by atoms with van der Waals surface area (Å²) in [5.74, 6) is 0. The van der Waals surface area contributed by atoms with Gasteiger partial charge < -0.3 is 5.32 Å². The van der Waals surface area contributed by atoms with Gasteiger partial charge in [0.1, 0.15) is 0 Å². The molecule has 0 unspecified atom stereocenters. The third-order valence-electron chi connectivity index (χ3n) is 4.03. The van der Waals surface area contributed by atoms with Gasteiger partial charge in [-0.3, -0.25) is 0 Å². The van der Waals surface area contributed by atoms with Gasteiger partial charge in [-0.2, -0.15) is 0 Å². The molecule has 0 aliphatic heterocycles. The molecule has 0 bridgehead atoms. The van der Waals surface area contributed by atoms with E-state index in [1.165, 1.54) is 44.9 Å². The first-order chi connectivity index (χ1) is 6.20. The minimum atomic E-state index is 0.667. The number of hydrogen-bond acceptors (Lipinski definition) is 1. The van der Waals surface area contributed by atoms with Crippen molar-refractivity contribution in [2.75, 3.05) is 0 Å². The van der Waals surface area contributed by atoms with Crippen LogP contribution in [0.15, 0.2) is 0 Å². The minimum Gasteiger partial charge on any atom is -0.312 e. The van der Waals surface area contributed by atoms with Gasteiger partial charge in [0.25, 0.3) is 0 Å². The van der Waals surface area contributed by atoms with Crippen molar-refractivity contribution in [1.82, 2.24) is 5.32 Å². The van der Waals surface area contributed by atoms with E-state index in [0.29, 0.717) is 6.04 Å². The van der Waals surface area contributed by atoms with Crippen molar-refractivity contribution in [2.24, 2.45) is 5.41 Å². The molecule has 0 amide bonds. The maximum atomic E-state index is 3.67. The molecule has 1 nitrogen and oxygen atoms in total. The summed E-state index contributed by atoms with van der Waals surface area (Å²) >= 11 is 0. The lowest BCUT2D eigenvalue weighted by atomic mass is 9.60. The van der Waals surface area contributed by atoms with Crippen molar-refractivity contribution in [3.05, 3.63) is 0 Å². The third kappa shape index (κ3) is 2.07. The van der Waals surface area contributed by atoms with E-state index < -0.39 is 0 Å². The molecule has 2 fully saturated rings. The second-order valence-corrected chi connectivity index (χ2v) is 5.45. The molecule has 2 rings (SSSR count). The molecule has 1 N–H and O–H groups in total.